The van der Waals surface area contributed by atoms with Crippen LogP contribution < -0.4 is 0 Å². The molecule has 0 unspecified atom stereocenters. The first-order valence-corrected chi connectivity index (χ1v) is 16.0. The molecule has 9 rings (SSSR count). The number of hydrogen-bond donors (Lipinski definition) is 0. The minimum absolute atomic E-state index is 0.597. The maximum Gasteiger partial charge on any atom is 0.160 e. The summed E-state index contributed by atoms with van der Waals surface area (Å²) in [5, 5.41) is 14.6. The first kappa shape index (κ1) is 26.3. The van der Waals surface area contributed by atoms with Crippen molar-refractivity contribution in [3.05, 3.63) is 151 Å². The second-order valence-electron chi connectivity index (χ2n) is 11.4. The van der Waals surface area contributed by atoms with Gasteiger partial charge in [-0.2, -0.15) is 5.26 Å². The molecule has 46 heavy (non-hydrogen) atoms. The van der Waals surface area contributed by atoms with Gasteiger partial charge in [-0.1, -0.05) is 91.0 Å². The molecule has 9 aromatic rings. The van der Waals surface area contributed by atoms with Crippen LogP contribution in [-0.2, 0) is 0 Å². The predicted octanol–water partition coefficient (Wildman–Crippen LogP) is 10.8. The third-order valence-electron chi connectivity index (χ3n) is 8.62. The quantitative estimate of drug-likeness (QED) is 0.201. The second kappa shape index (κ2) is 10.5. The zero-order valence-corrected chi connectivity index (χ0v) is 25.4. The third-order valence-corrected chi connectivity index (χ3v) is 9.75. The Balaban J connectivity index is 1.27. The lowest BCUT2D eigenvalue weighted by molar-refractivity contribution is 1.16. The van der Waals surface area contributed by atoms with Gasteiger partial charge in [0.2, 0.25) is 0 Å². The van der Waals surface area contributed by atoms with Crippen molar-refractivity contribution in [1.29, 1.82) is 5.26 Å². The van der Waals surface area contributed by atoms with Gasteiger partial charge in [0, 0.05) is 53.3 Å². The van der Waals surface area contributed by atoms with Crippen molar-refractivity contribution >= 4 is 53.3 Å². The van der Waals surface area contributed by atoms with E-state index in [1.54, 1.807) is 0 Å². The van der Waals surface area contributed by atoms with E-state index in [0.29, 0.717) is 11.4 Å². The highest BCUT2D eigenvalue weighted by Crippen LogP contribution is 2.41. The minimum atomic E-state index is 0.597. The summed E-state index contributed by atoms with van der Waals surface area (Å²) in [7, 11) is 0. The van der Waals surface area contributed by atoms with Gasteiger partial charge in [-0.25, -0.2) is 9.97 Å². The van der Waals surface area contributed by atoms with Crippen LogP contribution in [0.4, 0.5) is 0 Å². The van der Waals surface area contributed by atoms with Crippen LogP contribution in [0.15, 0.2) is 146 Å². The molecular formula is C41H24N4S. The standard InChI is InChI=1S/C41H24N4S/c42-25-26-10-8-13-28(20-26)36-24-35(27-11-2-1-3-12-27)43-41(44-36)29-14-9-15-30(21-29)45-37-18-6-4-16-31(37)33-23-40-34(22-38(33)45)32-17-5-7-19-39(32)46-40/h1-24H. The second-order valence-corrected chi connectivity index (χ2v) is 12.5. The molecular weight excluding hydrogens is 581 g/mol. The maximum absolute atomic E-state index is 9.56. The number of nitrogens with zero attached hydrogens (tertiary/aromatic N) is 4. The average molecular weight is 605 g/mol. The van der Waals surface area contributed by atoms with Gasteiger partial charge in [0.25, 0.3) is 0 Å². The van der Waals surface area contributed by atoms with Crippen LogP contribution in [0.1, 0.15) is 5.56 Å². The van der Waals surface area contributed by atoms with Crippen molar-refractivity contribution in [3.63, 3.8) is 0 Å². The number of nitriles is 1. The third kappa shape index (κ3) is 4.28. The highest BCUT2D eigenvalue weighted by Gasteiger charge is 2.17. The van der Waals surface area contributed by atoms with Crippen LogP contribution in [0.5, 0.6) is 0 Å². The number of para-hydroxylation sites is 1. The lowest BCUT2D eigenvalue weighted by Crippen LogP contribution is -1.98. The molecule has 0 amide bonds. The van der Waals surface area contributed by atoms with E-state index in [-0.39, 0.29) is 0 Å². The van der Waals surface area contributed by atoms with Crippen molar-refractivity contribution in [3.8, 4) is 45.7 Å². The van der Waals surface area contributed by atoms with E-state index in [0.717, 1.165) is 39.3 Å². The molecule has 0 saturated heterocycles. The molecule has 0 bridgehead atoms. The number of benzene rings is 6. The van der Waals surface area contributed by atoms with Gasteiger partial charge in [-0.05, 0) is 54.6 Å². The number of thiophene rings is 1. The van der Waals surface area contributed by atoms with Crippen molar-refractivity contribution in [1.82, 2.24) is 14.5 Å². The van der Waals surface area contributed by atoms with Gasteiger partial charge >= 0.3 is 0 Å². The predicted molar refractivity (Wildman–Crippen MR) is 190 cm³/mol. The summed E-state index contributed by atoms with van der Waals surface area (Å²) in [6.45, 7) is 0. The van der Waals surface area contributed by atoms with E-state index >= 15 is 0 Å². The Morgan fingerprint density at radius 1 is 0.500 bits per heavy atom. The molecule has 0 N–H and O–H groups in total. The first-order chi connectivity index (χ1) is 22.7. The van der Waals surface area contributed by atoms with Crippen LogP contribution >= 0.6 is 11.3 Å². The molecule has 0 atom stereocenters. The molecule has 3 aromatic heterocycles. The number of fused-ring (bicyclic) bond motifs is 6. The Labute approximate surface area is 269 Å². The summed E-state index contributed by atoms with van der Waals surface area (Å²) < 4.78 is 4.96. The molecule has 0 aliphatic heterocycles. The molecule has 4 nitrogen and oxygen atoms in total. The molecule has 214 valence electrons. The summed E-state index contributed by atoms with van der Waals surface area (Å²) in [6, 6.07) is 52.5. The molecule has 0 aliphatic rings. The molecule has 5 heteroatoms. The van der Waals surface area contributed by atoms with Crippen LogP contribution in [0.25, 0.3) is 81.6 Å². The Kier molecular flexibility index (Phi) is 6.02. The van der Waals surface area contributed by atoms with Gasteiger partial charge in [0.05, 0.1) is 34.1 Å². The lowest BCUT2D eigenvalue weighted by Gasteiger charge is -2.12. The van der Waals surface area contributed by atoms with E-state index < -0.39 is 0 Å². The van der Waals surface area contributed by atoms with Crippen LogP contribution in [0.3, 0.4) is 0 Å². The first-order valence-electron chi connectivity index (χ1n) is 15.1. The molecule has 3 heterocycles. The number of aromatic nitrogens is 3. The molecule has 0 saturated carbocycles. The van der Waals surface area contributed by atoms with Crippen molar-refractivity contribution in [2.24, 2.45) is 0 Å². The van der Waals surface area contributed by atoms with Crippen LogP contribution in [-0.4, -0.2) is 14.5 Å². The summed E-state index contributed by atoms with van der Waals surface area (Å²) in [6.07, 6.45) is 0. The van der Waals surface area contributed by atoms with E-state index in [9.17, 15) is 5.26 Å². The van der Waals surface area contributed by atoms with Crippen molar-refractivity contribution in [2.45, 2.75) is 0 Å². The zero-order valence-electron chi connectivity index (χ0n) is 24.6. The SMILES string of the molecule is N#Cc1cccc(-c2cc(-c3ccccc3)nc(-c3cccc(-n4c5ccccc5c5cc6sc7ccccc7c6cc54)c3)n2)c1. The molecule has 0 fully saturated rings. The van der Waals surface area contributed by atoms with Gasteiger partial charge in [-0.15, -0.1) is 11.3 Å². The van der Waals surface area contributed by atoms with Gasteiger partial charge in [0.1, 0.15) is 0 Å². The van der Waals surface area contributed by atoms with Gasteiger partial charge in [0.15, 0.2) is 5.82 Å². The summed E-state index contributed by atoms with van der Waals surface area (Å²) in [5.74, 6) is 0.632. The van der Waals surface area contributed by atoms with Crippen LogP contribution in [0.2, 0.25) is 0 Å². The van der Waals surface area contributed by atoms with E-state index in [4.69, 9.17) is 9.97 Å². The largest absolute Gasteiger partial charge is 0.309 e. The Morgan fingerprint density at radius 2 is 1.22 bits per heavy atom. The van der Waals surface area contributed by atoms with E-state index in [2.05, 4.69) is 108 Å². The molecule has 0 spiro atoms. The monoisotopic (exact) mass is 604 g/mol. The maximum atomic E-state index is 9.56. The van der Waals surface area contributed by atoms with Gasteiger partial charge < -0.3 is 4.57 Å². The summed E-state index contributed by atoms with van der Waals surface area (Å²) in [5.41, 5.74) is 8.38. The fourth-order valence-corrected chi connectivity index (χ4v) is 7.61. The Hall–Kier alpha value is -6.09. The van der Waals surface area contributed by atoms with Crippen molar-refractivity contribution < 1.29 is 0 Å². The lowest BCUT2D eigenvalue weighted by atomic mass is 10.0. The molecule has 0 radical (unpaired) electrons. The Bertz CT molecular complexity index is 2660. The zero-order chi connectivity index (χ0) is 30.6. The van der Waals surface area contributed by atoms with Crippen LogP contribution in [0, 0.1) is 11.3 Å². The van der Waals surface area contributed by atoms with E-state index in [1.165, 1.54) is 36.5 Å². The summed E-state index contributed by atoms with van der Waals surface area (Å²) in [4.78, 5) is 10.1. The topological polar surface area (TPSA) is 54.5 Å². The fourth-order valence-electron chi connectivity index (χ4n) is 6.48. The minimum Gasteiger partial charge on any atom is -0.309 e. The number of hydrogen-bond acceptors (Lipinski definition) is 4. The average Bonchev–Trinajstić information content (AvgIpc) is 3.65. The normalized spacial score (nSPS) is 11.5. The van der Waals surface area contributed by atoms with Crippen molar-refractivity contribution in [2.75, 3.05) is 0 Å². The van der Waals surface area contributed by atoms with Gasteiger partial charge in [-0.3, -0.25) is 0 Å². The highest BCUT2D eigenvalue weighted by molar-refractivity contribution is 7.25. The van der Waals surface area contributed by atoms with E-state index in [1.807, 2.05) is 59.9 Å². The number of rotatable bonds is 4. The molecule has 6 aromatic carbocycles. The summed E-state index contributed by atoms with van der Waals surface area (Å²) >= 11 is 1.85. The Morgan fingerprint density at radius 3 is 2.09 bits per heavy atom. The highest BCUT2D eigenvalue weighted by atomic mass is 32.1. The fraction of sp³-hybridized carbons (Fsp3) is 0. The smallest absolute Gasteiger partial charge is 0.160 e. The molecule has 0 aliphatic carbocycles.